The molecule has 0 atom stereocenters. The van der Waals surface area contributed by atoms with Crippen LogP contribution in [0.1, 0.15) is 27.6 Å². The van der Waals surface area contributed by atoms with Crippen molar-refractivity contribution >= 4 is 40.8 Å². The fourth-order valence-electron chi connectivity index (χ4n) is 2.21. The maximum Gasteiger partial charge on any atom is 0.387 e. The number of hydrogen-bond acceptors (Lipinski definition) is 5. The summed E-state index contributed by atoms with van der Waals surface area (Å²) in [4.78, 5) is 24.3. The molecule has 0 unspecified atom stereocenters. The van der Waals surface area contributed by atoms with E-state index >= 15 is 0 Å². The molecule has 10 heteroatoms. The van der Waals surface area contributed by atoms with Crippen LogP contribution in [-0.2, 0) is 4.74 Å². The van der Waals surface area contributed by atoms with Crippen LogP contribution in [-0.4, -0.2) is 32.2 Å². The number of methoxy groups -OCH3 is 1. The first-order valence-electron chi connectivity index (χ1n) is 7.87. The first-order valence-corrected chi connectivity index (χ1v) is 8.62. The number of benzene rings is 2. The molecule has 6 nitrogen and oxygen atoms in total. The fraction of sp³-hybridized carbons (Fsp3) is 0.222. The Morgan fingerprint density at radius 2 is 1.71 bits per heavy atom. The predicted octanol–water partition coefficient (Wildman–Crippen LogP) is 5.03. The highest BCUT2D eigenvalue weighted by Crippen LogP contribution is 2.34. The van der Waals surface area contributed by atoms with E-state index in [9.17, 15) is 18.4 Å². The molecule has 0 heterocycles. The number of carbonyl (C=O) groups excluding carboxylic acids is 2. The molecule has 28 heavy (non-hydrogen) atoms. The number of rotatable bonds is 7. The summed E-state index contributed by atoms with van der Waals surface area (Å²) in [6.07, 6.45) is 0. The molecule has 0 radical (unpaired) electrons. The summed E-state index contributed by atoms with van der Waals surface area (Å²) in [6, 6.07) is 6.28. The van der Waals surface area contributed by atoms with Crippen molar-refractivity contribution < 1.29 is 32.6 Å². The number of ether oxygens (including phenoxy) is 3. The number of anilines is 1. The number of nitrogens with one attached hydrogen (secondary N) is 1. The number of esters is 1. The zero-order valence-electron chi connectivity index (χ0n) is 14.7. The third-order valence-electron chi connectivity index (χ3n) is 3.43. The number of alkyl halides is 2. The molecule has 0 fully saturated rings. The third kappa shape index (κ3) is 5.24. The Morgan fingerprint density at radius 3 is 2.25 bits per heavy atom. The van der Waals surface area contributed by atoms with Crippen molar-refractivity contribution in [1.29, 1.82) is 0 Å². The maximum absolute atomic E-state index is 12.5. The monoisotopic (exact) mass is 433 g/mol. The second-order valence-corrected chi connectivity index (χ2v) is 6.05. The lowest BCUT2D eigenvalue weighted by molar-refractivity contribution is -0.0512. The molecule has 0 saturated heterocycles. The highest BCUT2D eigenvalue weighted by Gasteiger charge is 2.18. The number of carbonyl (C=O) groups is 2. The molecule has 2 aromatic carbocycles. The molecule has 2 aromatic rings. The average molecular weight is 434 g/mol. The van der Waals surface area contributed by atoms with Crippen molar-refractivity contribution in [3.63, 3.8) is 0 Å². The molecule has 0 bridgehead atoms. The predicted molar refractivity (Wildman–Crippen MR) is 100.0 cm³/mol. The van der Waals surface area contributed by atoms with Crippen molar-refractivity contribution in [2.24, 2.45) is 0 Å². The summed E-state index contributed by atoms with van der Waals surface area (Å²) in [6.45, 7) is -1.20. The van der Waals surface area contributed by atoms with E-state index in [2.05, 4.69) is 10.1 Å². The van der Waals surface area contributed by atoms with E-state index in [4.69, 9.17) is 32.7 Å². The van der Waals surface area contributed by atoms with Crippen molar-refractivity contribution in [2.75, 3.05) is 19.0 Å². The molecule has 0 aliphatic carbocycles. The van der Waals surface area contributed by atoms with Gasteiger partial charge in [0.1, 0.15) is 0 Å². The highest BCUT2D eigenvalue weighted by molar-refractivity contribution is 6.40. The Hall–Kier alpha value is -2.58. The molecule has 150 valence electrons. The van der Waals surface area contributed by atoms with E-state index in [1.165, 1.54) is 37.4 Å². The summed E-state index contributed by atoms with van der Waals surface area (Å²) < 4.78 is 38.9. The molecule has 0 spiro atoms. The second-order valence-electron chi connectivity index (χ2n) is 5.23. The van der Waals surface area contributed by atoms with Crippen LogP contribution < -0.4 is 14.8 Å². The molecular weight excluding hydrogens is 419 g/mol. The quantitative estimate of drug-likeness (QED) is 0.619. The van der Waals surface area contributed by atoms with Gasteiger partial charge in [-0.1, -0.05) is 23.2 Å². The summed E-state index contributed by atoms with van der Waals surface area (Å²) in [5, 5.41) is 2.55. The van der Waals surface area contributed by atoms with Crippen LogP contribution in [0.3, 0.4) is 0 Å². The van der Waals surface area contributed by atoms with Gasteiger partial charge in [-0.15, -0.1) is 0 Å². The Bertz CT molecular complexity index is 869. The molecule has 0 aliphatic heterocycles. The molecule has 0 aromatic heterocycles. The van der Waals surface area contributed by atoms with Crippen molar-refractivity contribution in [3.8, 4) is 11.5 Å². The Labute approximate surface area is 169 Å². The van der Waals surface area contributed by atoms with Crippen LogP contribution in [0.5, 0.6) is 11.5 Å². The van der Waals surface area contributed by atoms with Gasteiger partial charge in [0.25, 0.3) is 5.91 Å². The smallest absolute Gasteiger partial charge is 0.387 e. The van der Waals surface area contributed by atoms with E-state index in [1.807, 2.05) is 0 Å². The first kappa shape index (κ1) is 21.7. The van der Waals surface area contributed by atoms with Crippen LogP contribution in [0.15, 0.2) is 30.3 Å². The van der Waals surface area contributed by atoms with Crippen molar-refractivity contribution in [1.82, 2.24) is 0 Å². The number of amides is 1. The van der Waals surface area contributed by atoms with E-state index in [1.54, 1.807) is 6.92 Å². The van der Waals surface area contributed by atoms with E-state index in [0.29, 0.717) is 0 Å². The average Bonchev–Trinajstić information content (AvgIpc) is 2.64. The zero-order chi connectivity index (χ0) is 20.8. The Kier molecular flexibility index (Phi) is 7.42. The largest absolute Gasteiger partial charge is 0.493 e. The Balaban J connectivity index is 2.26. The SMILES string of the molecule is CCOC(=O)c1cc(Cl)c(NC(=O)c2ccc(OC(F)F)c(OC)c2)c(Cl)c1. The first-order chi connectivity index (χ1) is 13.3. The highest BCUT2D eigenvalue weighted by atomic mass is 35.5. The van der Waals surface area contributed by atoms with Crippen LogP contribution in [0.2, 0.25) is 10.0 Å². The van der Waals surface area contributed by atoms with Gasteiger partial charge in [-0.05, 0) is 37.3 Å². The third-order valence-corrected chi connectivity index (χ3v) is 4.03. The molecular formula is C18H15Cl2F2NO5. The summed E-state index contributed by atoms with van der Waals surface area (Å²) >= 11 is 12.2. The number of hydrogen-bond donors (Lipinski definition) is 1. The maximum atomic E-state index is 12.5. The van der Waals surface area contributed by atoms with Gasteiger partial charge in [0.2, 0.25) is 0 Å². The van der Waals surface area contributed by atoms with Crippen LogP contribution in [0.4, 0.5) is 14.5 Å². The van der Waals surface area contributed by atoms with Gasteiger partial charge in [-0.25, -0.2) is 4.79 Å². The summed E-state index contributed by atoms with van der Waals surface area (Å²) in [5.74, 6) is -1.51. The van der Waals surface area contributed by atoms with Crippen LogP contribution in [0.25, 0.3) is 0 Å². The zero-order valence-corrected chi connectivity index (χ0v) is 16.2. The topological polar surface area (TPSA) is 73.9 Å². The molecule has 0 aliphatic rings. The van der Waals surface area contributed by atoms with Crippen molar-refractivity contribution in [2.45, 2.75) is 13.5 Å². The molecule has 1 amide bonds. The van der Waals surface area contributed by atoms with Gasteiger partial charge in [0, 0.05) is 5.56 Å². The normalized spacial score (nSPS) is 10.5. The van der Waals surface area contributed by atoms with Gasteiger partial charge in [0.05, 0.1) is 35.0 Å². The van der Waals surface area contributed by atoms with Gasteiger partial charge in [-0.2, -0.15) is 8.78 Å². The lowest BCUT2D eigenvalue weighted by Gasteiger charge is -2.13. The lowest BCUT2D eigenvalue weighted by atomic mass is 10.1. The fourth-order valence-corrected chi connectivity index (χ4v) is 2.79. The van der Waals surface area contributed by atoms with Crippen LogP contribution >= 0.6 is 23.2 Å². The second kappa shape index (κ2) is 9.57. The molecule has 2 rings (SSSR count). The summed E-state index contributed by atoms with van der Waals surface area (Å²) in [7, 11) is 1.25. The van der Waals surface area contributed by atoms with E-state index < -0.39 is 18.5 Å². The Morgan fingerprint density at radius 1 is 1.07 bits per heavy atom. The van der Waals surface area contributed by atoms with Crippen LogP contribution in [0, 0.1) is 0 Å². The van der Waals surface area contributed by atoms with Gasteiger partial charge in [-0.3, -0.25) is 4.79 Å². The van der Waals surface area contributed by atoms with Gasteiger partial charge in [0.15, 0.2) is 11.5 Å². The van der Waals surface area contributed by atoms with Crippen molar-refractivity contribution in [3.05, 3.63) is 51.5 Å². The minimum absolute atomic E-state index is 0.0218. The lowest BCUT2D eigenvalue weighted by Crippen LogP contribution is -2.14. The summed E-state index contributed by atoms with van der Waals surface area (Å²) in [5.41, 5.74) is 0.290. The van der Waals surface area contributed by atoms with Gasteiger partial charge >= 0.3 is 12.6 Å². The number of halogens is 4. The van der Waals surface area contributed by atoms with E-state index in [-0.39, 0.29) is 45.0 Å². The van der Waals surface area contributed by atoms with Gasteiger partial charge < -0.3 is 19.5 Å². The molecule has 1 N–H and O–H groups in total. The standard InChI is InChI=1S/C18H15Cl2F2NO5/c1-3-27-17(25)10-6-11(19)15(12(20)7-10)23-16(24)9-4-5-13(28-18(21)22)14(8-9)26-2/h4-8,18H,3H2,1-2H3,(H,23,24). The van der Waals surface area contributed by atoms with E-state index in [0.717, 1.165) is 0 Å². The minimum Gasteiger partial charge on any atom is -0.493 e. The molecule has 0 saturated carbocycles. The minimum atomic E-state index is -3.04.